The van der Waals surface area contributed by atoms with E-state index < -0.39 is 0 Å². The summed E-state index contributed by atoms with van der Waals surface area (Å²) < 4.78 is 7.44. The molecule has 158 valence electrons. The van der Waals surface area contributed by atoms with Crippen LogP contribution in [0.25, 0.3) is 5.82 Å². The Morgan fingerprint density at radius 1 is 1.21 bits per heavy atom. The highest BCUT2D eigenvalue weighted by Crippen LogP contribution is 2.15. The first-order valence-corrected chi connectivity index (χ1v) is 10.3. The molecule has 8 heteroatoms. The van der Waals surface area contributed by atoms with Gasteiger partial charge in [0.1, 0.15) is 11.6 Å². The number of aliphatic imine (C=N–C) groups is 1. The average Bonchev–Trinajstić information content (AvgIpc) is 3.17. The Bertz CT molecular complexity index is 792. The normalized spacial score (nSPS) is 16.1. The third kappa shape index (κ3) is 5.77. The maximum Gasteiger partial charge on any atom is 0.191 e. The van der Waals surface area contributed by atoms with E-state index in [4.69, 9.17) is 9.73 Å². The first-order chi connectivity index (χ1) is 14.0. The summed E-state index contributed by atoms with van der Waals surface area (Å²) in [5, 5.41) is 6.83. The van der Waals surface area contributed by atoms with E-state index in [1.54, 1.807) is 6.20 Å². The lowest BCUT2D eigenvalue weighted by Gasteiger charge is -2.41. The van der Waals surface area contributed by atoms with E-state index in [-0.39, 0.29) is 5.54 Å². The zero-order chi connectivity index (χ0) is 20.7. The summed E-state index contributed by atoms with van der Waals surface area (Å²) in [5.74, 6) is 2.61. The second-order valence-corrected chi connectivity index (χ2v) is 7.83. The lowest BCUT2D eigenvalue weighted by molar-refractivity contribution is -0.00834. The predicted molar refractivity (Wildman–Crippen MR) is 115 cm³/mol. The van der Waals surface area contributed by atoms with E-state index in [1.807, 2.05) is 30.0 Å². The molecule has 3 rings (SSSR count). The maximum absolute atomic E-state index is 5.48. The van der Waals surface area contributed by atoms with Crippen LogP contribution in [0.2, 0.25) is 0 Å². The molecule has 0 atom stereocenters. The number of nitrogens with zero attached hydrogens (tertiary/aromatic N) is 5. The molecule has 0 aromatic carbocycles. The number of nitrogens with one attached hydrogen (secondary N) is 2. The fourth-order valence-corrected chi connectivity index (χ4v) is 3.37. The Balaban J connectivity index is 1.59. The van der Waals surface area contributed by atoms with Gasteiger partial charge < -0.3 is 15.4 Å². The van der Waals surface area contributed by atoms with Crippen molar-refractivity contribution in [2.45, 2.75) is 39.8 Å². The predicted octanol–water partition coefficient (Wildman–Crippen LogP) is 1.74. The molecule has 2 aromatic heterocycles. The molecule has 0 amide bonds. The van der Waals surface area contributed by atoms with Gasteiger partial charge in [-0.25, -0.2) is 15.0 Å². The topological polar surface area (TPSA) is 79.6 Å². The summed E-state index contributed by atoms with van der Waals surface area (Å²) in [4.78, 5) is 16.0. The van der Waals surface area contributed by atoms with Gasteiger partial charge in [-0.05, 0) is 39.3 Å². The van der Waals surface area contributed by atoms with Crippen LogP contribution in [0, 0.1) is 6.92 Å². The monoisotopic (exact) mass is 399 g/mol. The van der Waals surface area contributed by atoms with Crippen LogP contribution in [0.5, 0.6) is 0 Å². The fraction of sp³-hybridized carbons (Fsp3) is 0.571. The molecule has 0 spiro atoms. The molecule has 2 N–H and O–H groups in total. The number of aromatic nitrogens is 3. The Hall–Kier alpha value is -2.45. The number of ether oxygens (including phenoxy) is 1. The Morgan fingerprint density at radius 2 is 2.00 bits per heavy atom. The molecular weight excluding hydrogens is 366 g/mol. The molecule has 0 aliphatic carbocycles. The number of aryl methyl sites for hydroxylation is 1. The van der Waals surface area contributed by atoms with Crippen molar-refractivity contribution in [1.29, 1.82) is 0 Å². The molecule has 1 aliphatic rings. The molecule has 8 nitrogen and oxygen atoms in total. The number of rotatable bonds is 7. The first kappa shape index (κ1) is 21.3. The van der Waals surface area contributed by atoms with Gasteiger partial charge in [0.05, 0.1) is 19.8 Å². The van der Waals surface area contributed by atoms with E-state index in [1.165, 1.54) is 0 Å². The minimum atomic E-state index is 0.0336. The summed E-state index contributed by atoms with van der Waals surface area (Å²) in [5.41, 5.74) is 1.10. The number of hydrogen-bond acceptors (Lipinski definition) is 5. The quantitative estimate of drug-likeness (QED) is 0.545. The second kappa shape index (κ2) is 9.84. The SMILES string of the molecule is CCNC(=NCc1ccc(-n2ccnc2C)nc1)NCC(C)(C)N1CCOCC1. The van der Waals surface area contributed by atoms with Crippen LogP contribution in [-0.4, -0.2) is 70.3 Å². The van der Waals surface area contributed by atoms with Gasteiger partial charge in [-0.3, -0.25) is 9.47 Å². The minimum Gasteiger partial charge on any atom is -0.379 e. The van der Waals surface area contributed by atoms with E-state index in [0.717, 1.165) is 62.6 Å². The van der Waals surface area contributed by atoms with Crippen molar-refractivity contribution in [2.24, 2.45) is 4.99 Å². The molecule has 1 aliphatic heterocycles. The van der Waals surface area contributed by atoms with Crippen LogP contribution in [0.15, 0.2) is 35.7 Å². The molecule has 3 heterocycles. The van der Waals surface area contributed by atoms with Gasteiger partial charge >= 0.3 is 0 Å². The van der Waals surface area contributed by atoms with Crippen molar-refractivity contribution >= 4 is 5.96 Å². The van der Waals surface area contributed by atoms with E-state index >= 15 is 0 Å². The van der Waals surface area contributed by atoms with E-state index in [0.29, 0.717) is 6.54 Å². The van der Waals surface area contributed by atoms with Gasteiger partial charge in [0, 0.05) is 50.3 Å². The highest BCUT2D eigenvalue weighted by Gasteiger charge is 2.28. The fourth-order valence-electron chi connectivity index (χ4n) is 3.37. The third-order valence-electron chi connectivity index (χ3n) is 5.20. The van der Waals surface area contributed by atoms with E-state index in [2.05, 4.69) is 52.3 Å². The second-order valence-electron chi connectivity index (χ2n) is 7.83. The number of imidazole rings is 1. The Morgan fingerprint density at radius 3 is 2.62 bits per heavy atom. The van der Waals surface area contributed by atoms with E-state index in [9.17, 15) is 0 Å². The van der Waals surface area contributed by atoms with Gasteiger partial charge in [-0.2, -0.15) is 0 Å². The third-order valence-corrected chi connectivity index (χ3v) is 5.20. The first-order valence-electron chi connectivity index (χ1n) is 10.3. The highest BCUT2D eigenvalue weighted by atomic mass is 16.5. The average molecular weight is 400 g/mol. The van der Waals surface area contributed by atoms with Gasteiger partial charge in [-0.1, -0.05) is 6.07 Å². The van der Waals surface area contributed by atoms with Crippen molar-refractivity contribution in [3.63, 3.8) is 0 Å². The van der Waals surface area contributed by atoms with Crippen LogP contribution >= 0.6 is 0 Å². The summed E-state index contributed by atoms with van der Waals surface area (Å²) in [7, 11) is 0. The largest absolute Gasteiger partial charge is 0.379 e. The molecular formula is C21H33N7O. The van der Waals surface area contributed by atoms with Crippen LogP contribution in [0.4, 0.5) is 0 Å². The van der Waals surface area contributed by atoms with Gasteiger partial charge in [0.25, 0.3) is 0 Å². The molecule has 29 heavy (non-hydrogen) atoms. The van der Waals surface area contributed by atoms with Gasteiger partial charge in [0.15, 0.2) is 5.96 Å². The van der Waals surface area contributed by atoms with Crippen LogP contribution < -0.4 is 10.6 Å². The summed E-state index contributed by atoms with van der Waals surface area (Å²) in [6, 6.07) is 4.06. The molecule has 0 radical (unpaired) electrons. The highest BCUT2D eigenvalue weighted by molar-refractivity contribution is 5.79. The number of hydrogen-bond donors (Lipinski definition) is 2. The molecule has 1 saturated heterocycles. The lowest BCUT2D eigenvalue weighted by Crippen LogP contribution is -2.56. The molecule has 1 fully saturated rings. The number of guanidine groups is 1. The zero-order valence-electron chi connectivity index (χ0n) is 18.0. The lowest BCUT2D eigenvalue weighted by atomic mass is 10.0. The molecule has 0 unspecified atom stereocenters. The van der Waals surface area contributed by atoms with Crippen molar-refractivity contribution < 1.29 is 4.74 Å². The standard InChI is InChI=1S/C21H33N7O/c1-5-22-20(26-16-21(3,4)27-10-12-29-13-11-27)25-15-18-6-7-19(24-14-18)28-9-8-23-17(28)2/h6-9,14H,5,10-13,15-16H2,1-4H3,(H2,22,25,26). The minimum absolute atomic E-state index is 0.0336. The molecule has 0 saturated carbocycles. The van der Waals surface area contributed by atoms with Crippen molar-refractivity contribution in [2.75, 3.05) is 39.4 Å². The molecule has 0 bridgehead atoms. The summed E-state index contributed by atoms with van der Waals surface area (Å²) in [6.07, 6.45) is 5.57. The summed E-state index contributed by atoms with van der Waals surface area (Å²) >= 11 is 0. The van der Waals surface area contributed by atoms with Gasteiger partial charge in [-0.15, -0.1) is 0 Å². The molecule has 2 aromatic rings. The zero-order valence-corrected chi connectivity index (χ0v) is 18.0. The number of morpholine rings is 1. The van der Waals surface area contributed by atoms with Crippen molar-refractivity contribution in [3.8, 4) is 5.82 Å². The van der Waals surface area contributed by atoms with Crippen molar-refractivity contribution in [3.05, 3.63) is 42.1 Å². The maximum atomic E-state index is 5.48. The summed E-state index contributed by atoms with van der Waals surface area (Å²) in [6.45, 7) is 14.3. The van der Waals surface area contributed by atoms with Crippen LogP contribution in [0.3, 0.4) is 0 Å². The van der Waals surface area contributed by atoms with Gasteiger partial charge in [0.2, 0.25) is 0 Å². The smallest absolute Gasteiger partial charge is 0.191 e. The number of pyridine rings is 1. The Labute approximate surface area is 173 Å². The Kier molecular flexibility index (Phi) is 7.22. The van der Waals surface area contributed by atoms with Crippen LogP contribution in [-0.2, 0) is 11.3 Å². The van der Waals surface area contributed by atoms with Crippen LogP contribution in [0.1, 0.15) is 32.2 Å². The van der Waals surface area contributed by atoms with Crippen molar-refractivity contribution in [1.82, 2.24) is 30.1 Å².